The lowest BCUT2D eigenvalue weighted by Gasteiger charge is -2.30. The van der Waals surface area contributed by atoms with E-state index in [-0.39, 0.29) is 17.6 Å². The number of benzene rings is 2. The average Bonchev–Trinajstić information content (AvgIpc) is 2.69. The Bertz CT molecular complexity index is 808. The first-order chi connectivity index (χ1) is 13.4. The van der Waals surface area contributed by atoms with Crippen molar-refractivity contribution in [1.29, 1.82) is 0 Å². The van der Waals surface area contributed by atoms with E-state index >= 15 is 0 Å². The number of anilines is 1. The molecule has 0 bridgehead atoms. The van der Waals surface area contributed by atoms with E-state index in [0.29, 0.717) is 23.0 Å². The van der Waals surface area contributed by atoms with Crippen molar-refractivity contribution in [2.24, 2.45) is 5.92 Å². The topological polar surface area (TPSA) is 49.4 Å². The van der Waals surface area contributed by atoms with Gasteiger partial charge in [0.05, 0.1) is 6.54 Å². The van der Waals surface area contributed by atoms with E-state index in [1.54, 1.807) is 24.3 Å². The summed E-state index contributed by atoms with van der Waals surface area (Å²) in [7, 11) is 0. The van der Waals surface area contributed by atoms with Crippen LogP contribution in [0.5, 0.6) is 0 Å². The van der Waals surface area contributed by atoms with Gasteiger partial charge in [0.2, 0.25) is 5.91 Å². The van der Waals surface area contributed by atoms with Gasteiger partial charge in [0.25, 0.3) is 0 Å². The molecule has 2 aromatic carbocycles. The lowest BCUT2D eigenvalue weighted by atomic mass is 9.89. The van der Waals surface area contributed by atoms with Crippen molar-refractivity contribution in [2.75, 3.05) is 25.0 Å². The SMILES string of the molecule is CC(C)c1ccc(NC(=O)CN2CCC(C(=O)c3ccc(Cl)cc3)CC2)cc1. The molecule has 1 N–H and O–H groups in total. The number of ketones is 1. The summed E-state index contributed by atoms with van der Waals surface area (Å²) < 4.78 is 0. The summed E-state index contributed by atoms with van der Waals surface area (Å²) in [5.74, 6) is 0.650. The van der Waals surface area contributed by atoms with Gasteiger partial charge in [-0.25, -0.2) is 0 Å². The van der Waals surface area contributed by atoms with Gasteiger partial charge in [0, 0.05) is 22.2 Å². The Morgan fingerprint density at radius 3 is 2.21 bits per heavy atom. The number of carbonyl (C=O) groups is 2. The number of nitrogens with one attached hydrogen (secondary N) is 1. The number of hydrogen-bond donors (Lipinski definition) is 1. The molecule has 2 aromatic rings. The van der Waals surface area contributed by atoms with Gasteiger partial charge in [-0.15, -0.1) is 0 Å². The van der Waals surface area contributed by atoms with Crippen molar-refractivity contribution in [3.63, 3.8) is 0 Å². The smallest absolute Gasteiger partial charge is 0.238 e. The zero-order chi connectivity index (χ0) is 20.1. The highest BCUT2D eigenvalue weighted by Gasteiger charge is 2.26. The standard InChI is InChI=1S/C23H27ClN2O2/c1-16(2)17-5-9-21(10-6-17)25-22(27)15-26-13-11-19(12-14-26)23(28)18-3-7-20(24)8-4-18/h3-10,16,19H,11-15H2,1-2H3,(H,25,27). The predicted molar refractivity (Wildman–Crippen MR) is 114 cm³/mol. The molecular formula is C23H27ClN2O2. The number of hydrogen-bond acceptors (Lipinski definition) is 3. The van der Waals surface area contributed by atoms with Crippen LogP contribution in [0.1, 0.15) is 48.5 Å². The van der Waals surface area contributed by atoms with Crippen LogP contribution in [0.15, 0.2) is 48.5 Å². The summed E-state index contributed by atoms with van der Waals surface area (Å²) in [5, 5.41) is 3.60. The second-order valence-electron chi connectivity index (χ2n) is 7.75. The van der Waals surface area contributed by atoms with Gasteiger partial charge in [0.1, 0.15) is 0 Å². The first-order valence-electron chi connectivity index (χ1n) is 9.84. The minimum atomic E-state index is -0.0141. The number of halogens is 1. The molecule has 1 saturated heterocycles. The highest BCUT2D eigenvalue weighted by atomic mass is 35.5. The van der Waals surface area contributed by atoms with Gasteiger partial charge < -0.3 is 5.32 Å². The lowest BCUT2D eigenvalue weighted by molar-refractivity contribution is -0.117. The number of amides is 1. The summed E-state index contributed by atoms with van der Waals surface area (Å²) in [6.07, 6.45) is 1.55. The molecule has 0 radical (unpaired) electrons. The van der Waals surface area contributed by atoms with Crippen molar-refractivity contribution in [3.05, 3.63) is 64.7 Å². The van der Waals surface area contributed by atoms with E-state index in [1.807, 2.05) is 24.3 Å². The molecule has 1 aliphatic heterocycles. The molecule has 0 saturated carbocycles. The van der Waals surface area contributed by atoms with Crippen molar-refractivity contribution in [2.45, 2.75) is 32.6 Å². The normalized spacial score (nSPS) is 15.6. The van der Waals surface area contributed by atoms with Crippen LogP contribution in [0.3, 0.4) is 0 Å². The second-order valence-corrected chi connectivity index (χ2v) is 8.18. The molecule has 28 heavy (non-hydrogen) atoms. The zero-order valence-electron chi connectivity index (χ0n) is 16.5. The molecule has 0 aliphatic carbocycles. The summed E-state index contributed by atoms with van der Waals surface area (Å²) >= 11 is 5.89. The summed E-state index contributed by atoms with van der Waals surface area (Å²) in [4.78, 5) is 27.1. The number of Topliss-reactive ketones (excluding diaryl/α,β-unsaturated/α-hetero) is 1. The third kappa shape index (κ3) is 5.43. The molecule has 0 atom stereocenters. The molecule has 1 heterocycles. The third-order valence-corrected chi connectivity index (χ3v) is 5.57. The lowest BCUT2D eigenvalue weighted by Crippen LogP contribution is -2.40. The molecule has 3 rings (SSSR count). The van der Waals surface area contributed by atoms with Gasteiger partial charge in [0.15, 0.2) is 5.78 Å². The Hall–Kier alpha value is -2.17. The molecule has 5 heteroatoms. The molecule has 0 aromatic heterocycles. The van der Waals surface area contributed by atoms with Crippen molar-refractivity contribution in [3.8, 4) is 0 Å². The fraction of sp³-hybridized carbons (Fsp3) is 0.391. The maximum absolute atomic E-state index is 12.6. The van der Waals surface area contributed by atoms with E-state index < -0.39 is 0 Å². The number of piperidine rings is 1. The Balaban J connectivity index is 1.46. The highest BCUT2D eigenvalue weighted by Crippen LogP contribution is 2.23. The molecule has 1 aliphatic rings. The molecule has 148 valence electrons. The summed E-state index contributed by atoms with van der Waals surface area (Å²) in [6, 6.07) is 15.1. The van der Waals surface area contributed by atoms with Gasteiger partial charge in [-0.1, -0.05) is 37.6 Å². The monoisotopic (exact) mass is 398 g/mol. The van der Waals surface area contributed by atoms with Gasteiger partial charge in [-0.3, -0.25) is 14.5 Å². The number of nitrogens with zero attached hydrogens (tertiary/aromatic N) is 1. The van der Waals surface area contributed by atoms with E-state index in [2.05, 4.69) is 24.1 Å². The second kappa shape index (κ2) is 9.35. The van der Waals surface area contributed by atoms with Gasteiger partial charge in [-0.2, -0.15) is 0 Å². The van der Waals surface area contributed by atoms with Crippen molar-refractivity contribution >= 4 is 29.0 Å². The number of rotatable bonds is 6. The van der Waals surface area contributed by atoms with Crippen LogP contribution < -0.4 is 5.32 Å². The maximum Gasteiger partial charge on any atom is 0.238 e. The Morgan fingerprint density at radius 1 is 1.04 bits per heavy atom. The summed E-state index contributed by atoms with van der Waals surface area (Å²) in [6.45, 7) is 6.16. The first kappa shape index (κ1) is 20.6. The molecule has 0 unspecified atom stereocenters. The van der Waals surface area contributed by atoms with E-state index in [1.165, 1.54) is 5.56 Å². The highest BCUT2D eigenvalue weighted by molar-refractivity contribution is 6.30. The molecule has 1 amide bonds. The van der Waals surface area contributed by atoms with Crippen LogP contribution in [-0.2, 0) is 4.79 Å². The molecule has 4 nitrogen and oxygen atoms in total. The van der Waals surface area contributed by atoms with Crippen LogP contribution in [0, 0.1) is 5.92 Å². The van der Waals surface area contributed by atoms with Gasteiger partial charge in [-0.05, 0) is 73.8 Å². The molecule has 1 fully saturated rings. The minimum Gasteiger partial charge on any atom is -0.325 e. The van der Waals surface area contributed by atoms with Crippen LogP contribution in [0.25, 0.3) is 0 Å². The van der Waals surface area contributed by atoms with Crippen LogP contribution in [0.2, 0.25) is 5.02 Å². The van der Waals surface area contributed by atoms with Crippen molar-refractivity contribution in [1.82, 2.24) is 4.90 Å². The summed E-state index contributed by atoms with van der Waals surface area (Å²) in [5.41, 5.74) is 2.79. The maximum atomic E-state index is 12.6. The Labute approximate surface area is 171 Å². The third-order valence-electron chi connectivity index (χ3n) is 5.32. The fourth-order valence-electron chi connectivity index (χ4n) is 3.56. The average molecular weight is 399 g/mol. The van der Waals surface area contributed by atoms with E-state index in [9.17, 15) is 9.59 Å². The van der Waals surface area contributed by atoms with E-state index in [4.69, 9.17) is 11.6 Å². The quantitative estimate of drug-likeness (QED) is 0.697. The largest absolute Gasteiger partial charge is 0.325 e. The minimum absolute atomic E-state index is 0.0141. The number of carbonyl (C=O) groups excluding carboxylic acids is 2. The molecule has 0 spiro atoms. The Morgan fingerprint density at radius 2 is 1.64 bits per heavy atom. The fourth-order valence-corrected chi connectivity index (χ4v) is 3.68. The molecular weight excluding hydrogens is 372 g/mol. The van der Waals surface area contributed by atoms with E-state index in [0.717, 1.165) is 31.6 Å². The Kier molecular flexibility index (Phi) is 6.87. The van der Waals surface area contributed by atoms with Crippen LogP contribution >= 0.6 is 11.6 Å². The first-order valence-corrected chi connectivity index (χ1v) is 10.2. The predicted octanol–water partition coefficient (Wildman–Crippen LogP) is 5.00. The van der Waals surface area contributed by atoms with Crippen LogP contribution in [0.4, 0.5) is 5.69 Å². The van der Waals surface area contributed by atoms with Crippen LogP contribution in [-0.4, -0.2) is 36.2 Å². The van der Waals surface area contributed by atoms with Crippen molar-refractivity contribution < 1.29 is 9.59 Å². The number of likely N-dealkylation sites (tertiary alicyclic amines) is 1. The van der Waals surface area contributed by atoms with Gasteiger partial charge >= 0.3 is 0 Å². The zero-order valence-corrected chi connectivity index (χ0v) is 17.2.